The Labute approximate surface area is 117 Å². The number of hydrogen-bond acceptors (Lipinski definition) is 4. The summed E-state index contributed by atoms with van der Waals surface area (Å²) in [7, 11) is 1.49. The van der Waals surface area contributed by atoms with E-state index in [-0.39, 0.29) is 5.78 Å². The molecule has 2 rings (SSSR count). The number of methoxy groups -OCH3 is 1. The third kappa shape index (κ3) is 2.62. The van der Waals surface area contributed by atoms with E-state index in [1.807, 2.05) is 0 Å². The van der Waals surface area contributed by atoms with E-state index in [0.29, 0.717) is 28.4 Å². The van der Waals surface area contributed by atoms with Crippen LogP contribution in [0.25, 0.3) is 0 Å². The van der Waals surface area contributed by atoms with Crippen LogP contribution in [-0.2, 0) is 0 Å². The minimum Gasteiger partial charge on any atom is -0.496 e. The van der Waals surface area contributed by atoms with Gasteiger partial charge in [0, 0.05) is 0 Å². The zero-order valence-corrected chi connectivity index (χ0v) is 11.2. The van der Waals surface area contributed by atoms with Gasteiger partial charge in [-0.25, -0.2) is 0 Å². The molecular weight excluding hydrogens is 254 g/mol. The van der Waals surface area contributed by atoms with Crippen molar-refractivity contribution in [3.8, 4) is 23.3 Å². The maximum Gasteiger partial charge on any atom is 0.167 e. The van der Waals surface area contributed by atoms with E-state index in [9.17, 15) is 4.79 Å². The van der Waals surface area contributed by atoms with Gasteiger partial charge < -0.3 is 9.47 Å². The summed E-state index contributed by atoms with van der Waals surface area (Å²) in [6.07, 6.45) is 0. The van der Waals surface area contributed by atoms with Crippen LogP contribution in [0.2, 0.25) is 0 Å². The van der Waals surface area contributed by atoms with Crippen LogP contribution in [0.15, 0.2) is 42.5 Å². The number of Topliss-reactive ketones (excluding diaryl/α,β-unsaturated/α-hetero) is 1. The molecule has 20 heavy (non-hydrogen) atoms. The molecule has 0 radical (unpaired) electrons. The van der Waals surface area contributed by atoms with Gasteiger partial charge in [0.2, 0.25) is 0 Å². The van der Waals surface area contributed by atoms with Crippen LogP contribution in [-0.4, -0.2) is 12.9 Å². The van der Waals surface area contributed by atoms with Crippen molar-refractivity contribution >= 4 is 5.78 Å². The first-order valence-electron chi connectivity index (χ1n) is 6.02. The molecule has 0 aromatic heterocycles. The summed E-state index contributed by atoms with van der Waals surface area (Å²) in [6.45, 7) is 1.45. The van der Waals surface area contributed by atoms with E-state index in [2.05, 4.69) is 6.07 Å². The highest BCUT2D eigenvalue weighted by Gasteiger charge is 2.16. The Morgan fingerprint density at radius 1 is 1.05 bits per heavy atom. The molecule has 0 heterocycles. The molecule has 0 saturated heterocycles. The largest absolute Gasteiger partial charge is 0.496 e. The lowest BCUT2D eigenvalue weighted by Crippen LogP contribution is -2.01. The Morgan fingerprint density at radius 2 is 1.70 bits per heavy atom. The molecule has 100 valence electrons. The predicted octanol–water partition coefficient (Wildman–Crippen LogP) is 3.56. The number of ether oxygens (including phenoxy) is 2. The highest BCUT2D eigenvalue weighted by atomic mass is 16.5. The molecule has 0 spiro atoms. The predicted molar refractivity (Wildman–Crippen MR) is 74.2 cm³/mol. The van der Waals surface area contributed by atoms with Crippen LogP contribution < -0.4 is 9.47 Å². The second-order valence-electron chi connectivity index (χ2n) is 4.10. The van der Waals surface area contributed by atoms with E-state index in [4.69, 9.17) is 14.7 Å². The Balaban J connectivity index is 2.49. The highest BCUT2D eigenvalue weighted by Crippen LogP contribution is 2.33. The van der Waals surface area contributed by atoms with Gasteiger partial charge in [-0.1, -0.05) is 18.2 Å². The van der Waals surface area contributed by atoms with Crippen LogP contribution >= 0.6 is 0 Å². The van der Waals surface area contributed by atoms with E-state index in [0.717, 1.165) is 0 Å². The third-order valence-electron chi connectivity index (χ3n) is 2.79. The Bertz CT molecular complexity index is 686. The molecule has 0 atom stereocenters. The molecule has 2 aromatic carbocycles. The molecule has 0 saturated carbocycles. The van der Waals surface area contributed by atoms with Crippen molar-refractivity contribution < 1.29 is 14.3 Å². The first-order valence-corrected chi connectivity index (χ1v) is 6.02. The van der Waals surface area contributed by atoms with Crippen LogP contribution in [0, 0.1) is 11.3 Å². The maximum atomic E-state index is 11.8. The van der Waals surface area contributed by atoms with Crippen molar-refractivity contribution in [3.05, 3.63) is 53.6 Å². The summed E-state index contributed by atoms with van der Waals surface area (Å²) < 4.78 is 10.9. The minimum atomic E-state index is -0.160. The molecule has 0 unspecified atom stereocenters. The summed E-state index contributed by atoms with van der Waals surface area (Å²) in [4.78, 5) is 11.8. The number of carbonyl (C=O) groups excluding carboxylic acids is 1. The quantitative estimate of drug-likeness (QED) is 0.795. The number of hydrogen-bond donors (Lipinski definition) is 0. The smallest absolute Gasteiger partial charge is 0.167 e. The summed E-state index contributed by atoms with van der Waals surface area (Å²) in [5.74, 6) is 1.07. The number of benzene rings is 2. The Kier molecular flexibility index (Phi) is 4.02. The molecule has 4 nitrogen and oxygen atoms in total. The van der Waals surface area contributed by atoms with Gasteiger partial charge in [-0.3, -0.25) is 4.79 Å². The Morgan fingerprint density at radius 3 is 2.35 bits per heavy atom. The van der Waals surface area contributed by atoms with Crippen LogP contribution in [0.1, 0.15) is 22.8 Å². The van der Waals surface area contributed by atoms with Gasteiger partial charge >= 0.3 is 0 Å². The highest BCUT2D eigenvalue weighted by molar-refractivity contribution is 5.99. The van der Waals surface area contributed by atoms with Crippen molar-refractivity contribution in [1.29, 1.82) is 5.26 Å². The van der Waals surface area contributed by atoms with E-state index < -0.39 is 0 Å². The standard InChI is InChI=1S/C16H13NO3/c1-11(18)16-14(19-2)8-5-9-15(16)20-13-7-4-3-6-12(13)10-17/h3-9H,1-2H3. The molecule has 0 aliphatic rings. The molecule has 0 amide bonds. The summed E-state index contributed by atoms with van der Waals surface area (Å²) >= 11 is 0. The van der Waals surface area contributed by atoms with E-state index in [1.165, 1.54) is 14.0 Å². The first-order chi connectivity index (χ1) is 9.67. The van der Waals surface area contributed by atoms with Crippen molar-refractivity contribution in [2.24, 2.45) is 0 Å². The van der Waals surface area contributed by atoms with Gasteiger partial charge in [0.15, 0.2) is 5.78 Å². The second kappa shape index (κ2) is 5.89. The normalized spacial score (nSPS) is 9.65. The molecule has 0 bridgehead atoms. The summed E-state index contributed by atoms with van der Waals surface area (Å²) in [6, 6.07) is 14.0. The van der Waals surface area contributed by atoms with Crippen LogP contribution in [0.3, 0.4) is 0 Å². The molecule has 2 aromatic rings. The van der Waals surface area contributed by atoms with Gasteiger partial charge in [0.1, 0.15) is 28.9 Å². The first kappa shape index (κ1) is 13.6. The van der Waals surface area contributed by atoms with Gasteiger partial charge in [0.05, 0.1) is 12.7 Å². The molecule has 4 heteroatoms. The molecular formula is C16H13NO3. The fraction of sp³-hybridized carbons (Fsp3) is 0.125. The molecule has 0 N–H and O–H groups in total. The zero-order chi connectivity index (χ0) is 14.5. The lowest BCUT2D eigenvalue weighted by atomic mass is 10.1. The molecule has 0 fully saturated rings. The van der Waals surface area contributed by atoms with E-state index in [1.54, 1.807) is 42.5 Å². The zero-order valence-electron chi connectivity index (χ0n) is 11.2. The molecule has 0 aliphatic carbocycles. The fourth-order valence-electron chi connectivity index (χ4n) is 1.88. The lowest BCUT2D eigenvalue weighted by Gasteiger charge is -2.13. The molecule has 0 aliphatic heterocycles. The fourth-order valence-corrected chi connectivity index (χ4v) is 1.88. The van der Waals surface area contributed by atoms with Crippen molar-refractivity contribution in [1.82, 2.24) is 0 Å². The summed E-state index contributed by atoms with van der Waals surface area (Å²) in [5.41, 5.74) is 0.771. The van der Waals surface area contributed by atoms with Crippen LogP contribution in [0.5, 0.6) is 17.2 Å². The Hall–Kier alpha value is -2.80. The minimum absolute atomic E-state index is 0.160. The number of nitriles is 1. The SMILES string of the molecule is COc1cccc(Oc2ccccc2C#N)c1C(C)=O. The average molecular weight is 267 g/mol. The van der Waals surface area contributed by atoms with Crippen molar-refractivity contribution in [3.63, 3.8) is 0 Å². The number of ketones is 1. The lowest BCUT2D eigenvalue weighted by molar-refractivity contribution is 0.101. The number of para-hydroxylation sites is 1. The van der Waals surface area contributed by atoms with Gasteiger partial charge in [0.25, 0.3) is 0 Å². The monoisotopic (exact) mass is 267 g/mol. The van der Waals surface area contributed by atoms with Gasteiger partial charge in [-0.15, -0.1) is 0 Å². The maximum absolute atomic E-state index is 11.8. The number of rotatable bonds is 4. The van der Waals surface area contributed by atoms with Crippen molar-refractivity contribution in [2.75, 3.05) is 7.11 Å². The second-order valence-corrected chi connectivity index (χ2v) is 4.10. The van der Waals surface area contributed by atoms with Gasteiger partial charge in [-0.2, -0.15) is 5.26 Å². The number of nitrogens with zero attached hydrogens (tertiary/aromatic N) is 1. The van der Waals surface area contributed by atoms with Crippen molar-refractivity contribution in [2.45, 2.75) is 6.92 Å². The average Bonchev–Trinajstić information content (AvgIpc) is 2.47. The number of carbonyl (C=O) groups is 1. The van der Waals surface area contributed by atoms with Gasteiger partial charge in [-0.05, 0) is 31.2 Å². The van der Waals surface area contributed by atoms with E-state index >= 15 is 0 Å². The van der Waals surface area contributed by atoms with Crippen LogP contribution in [0.4, 0.5) is 0 Å². The summed E-state index contributed by atoms with van der Waals surface area (Å²) in [5, 5.41) is 9.05. The topological polar surface area (TPSA) is 59.3 Å². The third-order valence-corrected chi connectivity index (χ3v) is 2.79.